The monoisotopic (exact) mass is 471 g/mol. The van der Waals surface area contributed by atoms with Crippen LogP contribution < -0.4 is 10.9 Å². The number of aromatic amines is 1. The second-order valence-electron chi connectivity index (χ2n) is 8.12. The molecule has 0 radical (unpaired) electrons. The van der Waals surface area contributed by atoms with Gasteiger partial charge in [0.05, 0.1) is 29.7 Å². The third-order valence-electron chi connectivity index (χ3n) is 5.58. The number of aromatic carboxylic acids is 1. The van der Waals surface area contributed by atoms with Gasteiger partial charge in [0.25, 0.3) is 11.5 Å². The van der Waals surface area contributed by atoms with Gasteiger partial charge in [-0.15, -0.1) is 0 Å². The van der Waals surface area contributed by atoms with Gasteiger partial charge in [0.1, 0.15) is 0 Å². The largest absolute Gasteiger partial charge is 0.478 e. The Morgan fingerprint density at radius 2 is 1.66 bits per heavy atom. The highest BCUT2D eigenvalue weighted by molar-refractivity contribution is 5.92. The van der Waals surface area contributed by atoms with E-state index in [0.717, 1.165) is 23.1 Å². The number of hydrogen-bond donors (Lipinski definition) is 3. The lowest BCUT2D eigenvalue weighted by molar-refractivity contribution is 0.0696. The van der Waals surface area contributed by atoms with E-state index in [9.17, 15) is 14.4 Å². The Kier molecular flexibility index (Phi) is 7.32. The molecule has 4 rings (SSSR count). The number of amides is 1. The molecule has 8 nitrogen and oxygen atoms in total. The van der Waals surface area contributed by atoms with Crippen molar-refractivity contribution in [2.45, 2.75) is 33.1 Å². The Bertz CT molecular complexity index is 1430. The van der Waals surface area contributed by atoms with E-state index in [1.165, 1.54) is 17.7 Å². The number of benzene rings is 3. The number of aryl methyl sites for hydroxylation is 1. The summed E-state index contributed by atoms with van der Waals surface area (Å²) < 4.78 is 5.70. The number of carbonyl (C=O) groups is 2. The Labute approximate surface area is 201 Å². The van der Waals surface area contributed by atoms with Gasteiger partial charge in [-0.1, -0.05) is 49.4 Å². The summed E-state index contributed by atoms with van der Waals surface area (Å²) in [5, 5.41) is 12.1. The third-order valence-corrected chi connectivity index (χ3v) is 5.58. The molecule has 3 N–H and O–H groups in total. The lowest BCUT2D eigenvalue weighted by Gasteiger charge is -2.08. The number of carboxylic acids is 1. The minimum absolute atomic E-state index is 0.0389. The van der Waals surface area contributed by atoms with Gasteiger partial charge in [-0.2, -0.15) is 0 Å². The summed E-state index contributed by atoms with van der Waals surface area (Å²) in [6.07, 6.45) is 0.911. The zero-order valence-corrected chi connectivity index (χ0v) is 19.2. The SMILES string of the molecule is CCc1cccc(CNC(=O)c2nc3ccc(COCc4ccc(C(=O)O)cc4)cc3c(=O)[nH]2)c1. The van der Waals surface area contributed by atoms with Gasteiger partial charge in [0.2, 0.25) is 0 Å². The third kappa shape index (κ3) is 5.99. The van der Waals surface area contributed by atoms with Crippen LogP contribution in [0.2, 0.25) is 0 Å². The van der Waals surface area contributed by atoms with Crippen LogP contribution >= 0.6 is 0 Å². The molecule has 178 valence electrons. The van der Waals surface area contributed by atoms with Gasteiger partial charge in [-0.25, -0.2) is 9.78 Å². The first-order valence-corrected chi connectivity index (χ1v) is 11.2. The van der Waals surface area contributed by atoms with E-state index in [0.29, 0.717) is 24.1 Å². The van der Waals surface area contributed by atoms with Crippen LogP contribution in [0.1, 0.15) is 50.2 Å². The number of carbonyl (C=O) groups excluding carboxylic acids is 1. The van der Waals surface area contributed by atoms with Crippen LogP contribution in [0.25, 0.3) is 10.9 Å². The molecule has 0 aliphatic rings. The molecule has 0 aliphatic carbocycles. The molecule has 4 aromatic rings. The smallest absolute Gasteiger partial charge is 0.335 e. The quantitative estimate of drug-likeness (QED) is 0.341. The maximum absolute atomic E-state index is 12.6. The number of fused-ring (bicyclic) bond motifs is 1. The molecule has 0 fully saturated rings. The predicted octanol–water partition coefficient (Wildman–Crippen LogP) is 3.83. The summed E-state index contributed by atoms with van der Waals surface area (Å²) in [4.78, 5) is 43.0. The number of rotatable bonds is 9. The molecule has 3 aromatic carbocycles. The molecule has 8 heteroatoms. The van der Waals surface area contributed by atoms with E-state index in [1.807, 2.05) is 24.3 Å². The molecule has 0 saturated carbocycles. The maximum atomic E-state index is 12.6. The molecule has 0 aliphatic heterocycles. The van der Waals surface area contributed by atoms with Gasteiger partial charge in [-0.3, -0.25) is 9.59 Å². The van der Waals surface area contributed by atoms with Gasteiger partial charge < -0.3 is 20.1 Å². The van der Waals surface area contributed by atoms with E-state index < -0.39 is 17.4 Å². The summed E-state index contributed by atoms with van der Waals surface area (Å²) in [6.45, 7) is 2.96. The molecule has 0 unspecified atom stereocenters. The number of H-pyrrole nitrogens is 1. The number of aromatic nitrogens is 2. The van der Waals surface area contributed by atoms with Gasteiger partial charge in [-0.05, 0) is 52.9 Å². The first kappa shape index (κ1) is 23.8. The Morgan fingerprint density at radius 3 is 2.40 bits per heavy atom. The van der Waals surface area contributed by atoms with Crippen LogP contribution in [0.3, 0.4) is 0 Å². The van der Waals surface area contributed by atoms with E-state index in [1.54, 1.807) is 30.3 Å². The van der Waals surface area contributed by atoms with Crippen molar-refractivity contribution in [1.29, 1.82) is 0 Å². The molecule has 1 amide bonds. The van der Waals surface area contributed by atoms with Crippen molar-refractivity contribution in [1.82, 2.24) is 15.3 Å². The summed E-state index contributed by atoms with van der Waals surface area (Å²) in [7, 11) is 0. The number of nitrogens with one attached hydrogen (secondary N) is 2. The van der Waals surface area contributed by atoms with Crippen molar-refractivity contribution in [3.8, 4) is 0 Å². The lowest BCUT2D eigenvalue weighted by Crippen LogP contribution is -2.27. The molecule has 1 heterocycles. The molecule has 0 saturated heterocycles. The van der Waals surface area contributed by atoms with Crippen LogP contribution in [-0.2, 0) is 30.9 Å². The number of carboxylic acid groups (broad SMARTS) is 1. The average molecular weight is 472 g/mol. The Hall–Kier alpha value is -4.30. The van der Waals surface area contributed by atoms with Crippen molar-refractivity contribution >= 4 is 22.8 Å². The highest BCUT2D eigenvalue weighted by Crippen LogP contribution is 2.13. The molecular weight excluding hydrogens is 446 g/mol. The molecule has 1 aromatic heterocycles. The Balaban J connectivity index is 1.39. The molecule has 0 spiro atoms. The van der Waals surface area contributed by atoms with E-state index in [2.05, 4.69) is 22.2 Å². The number of hydrogen-bond acceptors (Lipinski definition) is 5. The fraction of sp³-hybridized carbons (Fsp3) is 0.185. The highest BCUT2D eigenvalue weighted by Gasteiger charge is 2.12. The maximum Gasteiger partial charge on any atom is 0.335 e. The first-order valence-electron chi connectivity index (χ1n) is 11.2. The lowest BCUT2D eigenvalue weighted by atomic mass is 10.1. The van der Waals surface area contributed by atoms with Crippen molar-refractivity contribution < 1.29 is 19.4 Å². The number of ether oxygens (including phenoxy) is 1. The average Bonchev–Trinajstić information content (AvgIpc) is 2.88. The van der Waals surface area contributed by atoms with E-state index in [4.69, 9.17) is 9.84 Å². The fourth-order valence-corrected chi connectivity index (χ4v) is 3.64. The highest BCUT2D eigenvalue weighted by atomic mass is 16.5. The van der Waals surface area contributed by atoms with Gasteiger partial charge in [0, 0.05) is 6.54 Å². The van der Waals surface area contributed by atoms with Crippen LogP contribution in [0.4, 0.5) is 0 Å². The summed E-state index contributed by atoms with van der Waals surface area (Å²) in [5.41, 5.74) is 4.01. The molecular formula is C27H25N3O5. The molecule has 0 bridgehead atoms. The standard InChI is InChI=1S/C27H25N3O5/c1-2-17-4-3-5-19(12-17)14-28-26(32)24-29-23-11-8-20(13-22(23)25(31)30-24)16-35-15-18-6-9-21(10-7-18)27(33)34/h3-13H,2,14-16H2,1H3,(H,28,32)(H,33,34)(H,29,30,31). The summed E-state index contributed by atoms with van der Waals surface area (Å²) >= 11 is 0. The fourth-order valence-electron chi connectivity index (χ4n) is 3.64. The second kappa shape index (κ2) is 10.8. The van der Waals surface area contributed by atoms with Crippen LogP contribution in [0.5, 0.6) is 0 Å². The van der Waals surface area contributed by atoms with Gasteiger partial charge >= 0.3 is 5.97 Å². The zero-order valence-electron chi connectivity index (χ0n) is 19.2. The van der Waals surface area contributed by atoms with Crippen LogP contribution in [0, 0.1) is 0 Å². The predicted molar refractivity (Wildman–Crippen MR) is 131 cm³/mol. The molecule has 35 heavy (non-hydrogen) atoms. The Morgan fingerprint density at radius 1 is 0.943 bits per heavy atom. The first-order chi connectivity index (χ1) is 16.9. The van der Waals surface area contributed by atoms with Crippen molar-refractivity contribution in [3.63, 3.8) is 0 Å². The zero-order chi connectivity index (χ0) is 24.8. The summed E-state index contributed by atoms with van der Waals surface area (Å²) in [6, 6.07) is 19.6. The second-order valence-corrected chi connectivity index (χ2v) is 8.12. The number of nitrogens with zero attached hydrogens (tertiary/aromatic N) is 1. The van der Waals surface area contributed by atoms with E-state index >= 15 is 0 Å². The van der Waals surface area contributed by atoms with E-state index in [-0.39, 0.29) is 18.0 Å². The summed E-state index contributed by atoms with van der Waals surface area (Å²) in [5.74, 6) is -1.47. The normalized spacial score (nSPS) is 10.9. The van der Waals surface area contributed by atoms with Gasteiger partial charge in [0.15, 0.2) is 5.82 Å². The minimum Gasteiger partial charge on any atom is -0.478 e. The van der Waals surface area contributed by atoms with Crippen molar-refractivity contribution in [2.75, 3.05) is 0 Å². The van der Waals surface area contributed by atoms with Crippen LogP contribution in [0.15, 0.2) is 71.5 Å². The van der Waals surface area contributed by atoms with Crippen molar-refractivity contribution in [3.05, 3.63) is 111 Å². The minimum atomic E-state index is -0.977. The molecule has 0 atom stereocenters. The van der Waals surface area contributed by atoms with Crippen molar-refractivity contribution in [2.24, 2.45) is 0 Å². The van der Waals surface area contributed by atoms with Crippen LogP contribution in [-0.4, -0.2) is 27.0 Å². The topological polar surface area (TPSA) is 121 Å².